The van der Waals surface area contributed by atoms with Gasteiger partial charge in [0.1, 0.15) is 0 Å². The normalized spacial score (nSPS) is 8.12. The van der Waals surface area contributed by atoms with E-state index in [0.717, 1.165) is 11.3 Å². The van der Waals surface area contributed by atoms with Crippen LogP contribution in [0.2, 0.25) is 0 Å². The van der Waals surface area contributed by atoms with Crippen LogP contribution in [-0.2, 0) is 16.1 Å². The molecule has 0 heterocycles. The summed E-state index contributed by atoms with van der Waals surface area (Å²) in [4.78, 5) is 10.7. The summed E-state index contributed by atoms with van der Waals surface area (Å²) in [6, 6.07) is 7.56. The second-order valence-corrected chi connectivity index (χ2v) is 2.81. The van der Waals surface area contributed by atoms with E-state index in [9.17, 15) is 4.79 Å². The van der Waals surface area contributed by atoms with Crippen molar-refractivity contribution in [1.29, 1.82) is 0 Å². The lowest BCUT2D eigenvalue weighted by Crippen LogP contribution is -2.05. The van der Waals surface area contributed by atoms with Gasteiger partial charge in [0.25, 0.3) is 0 Å². The zero-order chi connectivity index (χ0) is 13.7. The Balaban J connectivity index is 0. The number of hydrogen-bond acceptors (Lipinski definition) is 2. The molecular formula is C14H25NO2. The van der Waals surface area contributed by atoms with Gasteiger partial charge in [0.05, 0.1) is 6.61 Å². The van der Waals surface area contributed by atoms with Crippen LogP contribution in [0.15, 0.2) is 24.3 Å². The van der Waals surface area contributed by atoms with Crippen molar-refractivity contribution in [3.8, 4) is 0 Å². The molecule has 0 atom stereocenters. The fraction of sp³-hybridized carbons (Fsp3) is 0.500. The first-order valence-electron chi connectivity index (χ1n) is 6.08. The Bertz CT molecular complexity index is 281. The van der Waals surface area contributed by atoms with Crippen LogP contribution < -0.4 is 5.32 Å². The number of carbonyl (C=O) groups excluding carboxylic acids is 1. The van der Waals surface area contributed by atoms with Gasteiger partial charge in [-0.1, -0.05) is 39.8 Å². The molecule has 0 aliphatic heterocycles. The van der Waals surface area contributed by atoms with Crippen LogP contribution in [0, 0.1) is 0 Å². The lowest BCUT2D eigenvalue weighted by molar-refractivity contribution is -0.114. The van der Waals surface area contributed by atoms with Gasteiger partial charge in [0, 0.05) is 19.7 Å². The van der Waals surface area contributed by atoms with Crippen molar-refractivity contribution in [2.24, 2.45) is 0 Å². The SMILES string of the molecule is CC.CC.COCc1ccc(NC(C)=O)cc1. The molecule has 0 fully saturated rings. The molecule has 0 aliphatic carbocycles. The monoisotopic (exact) mass is 239 g/mol. The first-order valence-corrected chi connectivity index (χ1v) is 6.08. The lowest BCUT2D eigenvalue weighted by atomic mass is 10.2. The Labute approximate surface area is 105 Å². The maximum Gasteiger partial charge on any atom is 0.221 e. The Hall–Kier alpha value is -1.35. The molecule has 3 heteroatoms. The van der Waals surface area contributed by atoms with E-state index in [0.29, 0.717) is 6.61 Å². The molecule has 1 amide bonds. The Kier molecular flexibility index (Phi) is 13.5. The molecule has 0 aromatic heterocycles. The van der Waals surface area contributed by atoms with E-state index in [-0.39, 0.29) is 5.91 Å². The van der Waals surface area contributed by atoms with Gasteiger partial charge in [-0.3, -0.25) is 4.79 Å². The molecule has 0 unspecified atom stereocenters. The predicted molar refractivity (Wildman–Crippen MR) is 74.2 cm³/mol. The van der Waals surface area contributed by atoms with E-state index in [4.69, 9.17) is 4.74 Å². The second-order valence-electron chi connectivity index (χ2n) is 2.81. The van der Waals surface area contributed by atoms with E-state index in [1.54, 1.807) is 7.11 Å². The molecule has 1 rings (SSSR count). The zero-order valence-corrected chi connectivity index (χ0v) is 11.8. The Morgan fingerprint density at radius 3 is 1.94 bits per heavy atom. The Morgan fingerprint density at radius 1 is 1.12 bits per heavy atom. The molecule has 17 heavy (non-hydrogen) atoms. The summed E-state index contributed by atoms with van der Waals surface area (Å²) in [5.74, 6) is -0.0560. The molecule has 0 bridgehead atoms. The number of methoxy groups -OCH3 is 1. The van der Waals surface area contributed by atoms with Crippen LogP contribution in [0.4, 0.5) is 5.69 Å². The molecule has 1 N–H and O–H groups in total. The maximum absolute atomic E-state index is 10.7. The maximum atomic E-state index is 10.7. The van der Waals surface area contributed by atoms with Crippen LogP contribution in [0.5, 0.6) is 0 Å². The molecule has 0 spiro atoms. The minimum Gasteiger partial charge on any atom is -0.380 e. The minimum absolute atomic E-state index is 0.0560. The molecule has 0 saturated heterocycles. The average Bonchev–Trinajstić information content (AvgIpc) is 2.36. The van der Waals surface area contributed by atoms with Crippen molar-refractivity contribution in [1.82, 2.24) is 0 Å². The fourth-order valence-corrected chi connectivity index (χ4v) is 1.05. The summed E-state index contributed by atoms with van der Waals surface area (Å²) in [6.45, 7) is 10.1. The minimum atomic E-state index is -0.0560. The number of hydrogen-bond donors (Lipinski definition) is 1. The van der Waals surface area contributed by atoms with E-state index in [1.807, 2.05) is 52.0 Å². The standard InChI is InChI=1S/C10H13NO2.2C2H6/c1-8(12)11-10-5-3-9(4-6-10)7-13-2;2*1-2/h3-6H,7H2,1-2H3,(H,11,12);2*1-2H3. The summed E-state index contributed by atoms with van der Waals surface area (Å²) in [5.41, 5.74) is 1.91. The van der Waals surface area contributed by atoms with Gasteiger partial charge in [0.15, 0.2) is 0 Å². The number of nitrogens with one attached hydrogen (secondary N) is 1. The third kappa shape index (κ3) is 9.57. The molecule has 3 nitrogen and oxygen atoms in total. The van der Waals surface area contributed by atoms with Crippen LogP contribution in [0.25, 0.3) is 0 Å². The Morgan fingerprint density at radius 2 is 1.59 bits per heavy atom. The van der Waals surface area contributed by atoms with Crippen molar-refractivity contribution in [2.75, 3.05) is 12.4 Å². The molecule has 1 aromatic rings. The first kappa shape index (κ1) is 18.0. The van der Waals surface area contributed by atoms with Gasteiger partial charge in [-0.15, -0.1) is 0 Å². The van der Waals surface area contributed by atoms with Gasteiger partial charge in [-0.2, -0.15) is 0 Å². The van der Waals surface area contributed by atoms with Gasteiger partial charge in [0.2, 0.25) is 5.91 Å². The van der Waals surface area contributed by atoms with E-state index >= 15 is 0 Å². The van der Waals surface area contributed by atoms with Crippen molar-refractivity contribution in [3.63, 3.8) is 0 Å². The summed E-state index contributed by atoms with van der Waals surface area (Å²) in [6.07, 6.45) is 0. The zero-order valence-electron chi connectivity index (χ0n) is 11.8. The molecular weight excluding hydrogens is 214 g/mol. The van der Waals surface area contributed by atoms with Crippen molar-refractivity contribution in [2.45, 2.75) is 41.2 Å². The highest BCUT2D eigenvalue weighted by Gasteiger charge is 1.95. The highest BCUT2D eigenvalue weighted by atomic mass is 16.5. The van der Waals surface area contributed by atoms with Crippen molar-refractivity contribution in [3.05, 3.63) is 29.8 Å². The van der Waals surface area contributed by atoms with E-state index in [2.05, 4.69) is 5.32 Å². The number of benzene rings is 1. The third-order valence-corrected chi connectivity index (χ3v) is 1.59. The van der Waals surface area contributed by atoms with Gasteiger partial charge < -0.3 is 10.1 Å². The second kappa shape index (κ2) is 12.7. The van der Waals surface area contributed by atoms with E-state index < -0.39 is 0 Å². The molecule has 98 valence electrons. The quantitative estimate of drug-likeness (QED) is 0.870. The number of carbonyl (C=O) groups is 1. The van der Waals surface area contributed by atoms with Crippen LogP contribution >= 0.6 is 0 Å². The van der Waals surface area contributed by atoms with Crippen LogP contribution in [0.1, 0.15) is 40.2 Å². The number of rotatable bonds is 3. The van der Waals surface area contributed by atoms with Gasteiger partial charge >= 0.3 is 0 Å². The molecule has 1 aromatic carbocycles. The van der Waals surface area contributed by atoms with Crippen molar-refractivity contribution >= 4 is 11.6 Å². The molecule has 0 saturated carbocycles. The summed E-state index contributed by atoms with van der Waals surface area (Å²) in [7, 11) is 1.65. The van der Waals surface area contributed by atoms with E-state index in [1.165, 1.54) is 6.92 Å². The summed E-state index contributed by atoms with van der Waals surface area (Å²) >= 11 is 0. The smallest absolute Gasteiger partial charge is 0.221 e. The number of anilines is 1. The predicted octanol–water partition coefficient (Wildman–Crippen LogP) is 3.84. The lowest BCUT2D eigenvalue weighted by Gasteiger charge is -2.03. The molecule has 0 aliphatic rings. The number of amides is 1. The average molecular weight is 239 g/mol. The first-order chi connectivity index (χ1) is 8.22. The van der Waals surface area contributed by atoms with Crippen molar-refractivity contribution < 1.29 is 9.53 Å². The summed E-state index contributed by atoms with van der Waals surface area (Å²) < 4.78 is 4.96. The van der Waals surface area contributed by atoms with Gasteiger partial charge in [-0.25, -0.2) is 0 Å². The topological polar surface area (TPSA) is 38.3 Å². The highest BCUT2D eigenvalue weighted by Crippen LogP contribution is 2.09. The van der Waals surface area contributed by atoms with Crippen LogP contribution in [0.3, 0.4) is 0 Å². The van der Waals surface area contributed by atoms with Crippen LogP contribution in [-0.4, -0.2) is 13.0 Å². The largest absolute Gasteiger partial charge is 0.380 e. The highest BCUT2D eigenvalue weighted by molar-refractivity contribution is 5.88. The number of ether oxygens (including phenoxy) is 1. The van der Waals surface area contributed by atoms with Gasteiger partial charge in [-0.05, 0) is 17.7 Å². The fourth-order valence-electron chi connectivity index (χ4n) is 1.05. The third-order valence-electron chi connectivity index (χ3n) is 1.59. The molecule has 0 radical (unpaired) electrons. The summed E-state index contributed by atoms with van der Waals surface area (Å²) in [5, 5.41) is 2.69.